The molecule has 9 heteroatoms. The van der Waals surface area contributed by atoms with Crippen molar-refractivity contribution in [2.75, 3.05) is 13.1 Å². The van der Waals surface area contributed by atoms with Crippen LogP contribution in [0.2, 0.25) is 0 Å². The molecule has 1 N–H and O–H groups in total. The Kier molecular flexibility index (Phi) is 6.31. The minimum Gasteiger partial charge on any atom is -0.349 e. The molecule has 1 aromatic heterocycles. The molecule has 1 aliphatic heterocycles. The van der Waals surface area contributed by atoms with Crippen LogP contribution in [0.25, 0.3) is 0 Å². The number of fused-ring (bicyclic) bond motifs is 1. The summed E-state index contributed by atoms with van der Waals surface area (Å²) in [6.07, 6.45) is 0.745. The quantitative estimate of drug-likeness (QED) is 0.655. The first-order valence-corrected chi connectivity index (χ1v) is 10.1. The first-order chi connectivity index (χ1) is 15.0. The Hall–Kier alpha value is -3.20. The van der Waals surface area contributed by atoms with Crippen LogP contribution in [0.5, 0.6) is 0 Å². The summed E-state index contributed by atoms with van der Waals surface area (Å²) in [6, 6.07) is 9.90. The zero-order valence-corrected chi connectivity index (χ0v) is 16.8. The van der Waals surface area contributed by atoms with Crippen molar-refractivity contribution < 1.29 is 18.0 Å². The number of carbonyl (C=O) groups is 1. The van der Waals surface area contributed by atoms with Gasteiger partial charge in [0.15, 0.2) is 17.5 Å². The van der Waals surface area contributed by atoms with Crippen LogP contribution in [0, 0.1) is 17.5 Å². The van der Waals surface area contributed by atoms with Crippen LogP contribution in [0.4, 0.5) is 13.2 Å². The molecule has 1 amide bonds. The van der Waals surface area contributed by atoms with Crippen LogP contribution in [-0.2, 0) is 37.3 Å². The first kappa shape index (κ1) is 21.0. The fourth-order valence-electron chi connectivity index (χ4n) is 3.68. The van der Waals surface area contributed by atoms with E-state index in [1.54, 1.807) is 18.2 Å². The van der Waals surface area contributed by atoms with Gasteiger partial charge in [-0.2, -0.15) is 0 Å². The monoisotopic (exact) mass is 429 g/mol. The second-order valence-corrected chi connectivity index (χ2v) is 7.54. The summed E-state index contributed by atoms with van der Waals surface area (Å²) >= 11 is 0. The molecule has 6 nitrogen and oxygen atoms in total. The van der Waals surface area contributed by atoms with Gasteiger partial charge in [-0.05, 0) is 35.4 Å². The van der Waals surface area contributed by atoms with Crippen LogP contribution in [0.1, 0.15) is 22.8 Å². The summed E-state index contributed by atoms with van der Waals surface area (Å²) in [5, 5.41) is 11.2. The highest BCUT2D eigenvalue weighted by Crippen LogP contribution is 2.15. The topological polar surface area (TPSA) is 63.1 Å². The Labute approximate surface area is 177 Å². The Morgan fingerprint density at radius 1 is 0.968 bits per heavy atom. The van der Waals surface area contributed by atoms with Crippen LogP contribution in [0.3, 0.4) is 0 Å². The summed E-state index contributed by atoms with van der Waals surface area (Å²) in [7, 11) is 0. The molecule has 162 valence electrons. The van der Waals surface area contributed by atoms with Crippen molar-refractivity contribution in [2.24, 2.45) is 0 Å². The molecular formula is C22H22F3N5O. The summed E-state index contributed by atoms with van der Waals surface area (Å²) < 4.78 is 41.9. The lowest BCUT2D eigenvalue weighted by Gasteiger charge is -2.19. The first-order valence-electron chi connectivity index (χ1n) is 10.1. The van der Waals surface area contributed by atoms with Gasteiger partial charge in [0, 0.05) is 32.6 Å². The molecule has 31 heavy (non-hydrogen) atoms. The summed E-state index contributed by atoms with van der Waals surface area (Å²) in [5.41, 5.74) is 1.31. The van der Waals surface area contributed by atoms with Crippen molar-refractivity contribution in [1.29, 1.82) is 0 Å². The van der Waals surface area contributed by atoms with Crippen molar-refractivity contribution >= 4 is 5.91 Å². The molecule has 0 radical (unpaired) electrons. The molecule has 2 aromatic carbocycles. The van der Waals surface area contributed by atoms with Gasteiger partial charge in [0.1, 0.15) is 11.6 Å². The molecule has 1 aliphatic rings. The van der Waals surface area contributed by atoms with Crippen molar-refractivity contribution in [3.63, 3.8) is 0 Å². The van der Waals surface area contributed by atoms with Gasteiger partial charge in [0.25, 0.3) is 0 Å². The summed E-state index contributed by atoms with van der Waals surface area (Å²) in [4.78, 5) is 14.4. The zero-order chi connectivity index (χ0) is 21.8. The Morgan fingerprint density at radius 2 is 1.84 bits per heavy atom. The van der Waals surface area contributed by atoms with E-state index in [1.807, 2.05) is 4.57 Å². The highest BCUT2D eigenvalue weighted by Gasteiger charge is 2.19. The third kappa shape index (κ3) is 5.29. The van der Waals surface area contributed by atoms with E-state index in [0.29, 0.717) is 49.6 Å². The number of amides is 1. The largest absolute Gasteiger partial charge is 0.349 e. The lowest BCUT2D eigenvalue weighted by molar-refractivity contribution is -0.120. The molecule has 0 spiro atoms. The molecule has 0 saturated heterocycles. The van der Waals surface area contributed by atoms with Gasteiger partial charge < -0.3 is 9.88 Å². The minimum atomic E-state index is -0.852. The predicted molar refractivity (Wildman–Crippen MR) is 107 cm³/mol. The standard InChI is InChI=1S/C22H22F3N5O/c23-17-3-1-2-15(10-17)12-22(31)26-13-21-28-27-20-6-7-29(8-9-30(20)21)14-16-4-5-18(24)19(25)11-16/h1-5,10-11H,6-9,12-14H2,(H,26,31). The Balaban J connectivity index is 1.33. The molecule has 0 fully saturated rings. The van der Waals surface area contributed by atoms with E-state index in [2.05, 4.69) is 20.4 Å². The maximum Gasteiger partial charge on any atom is 0.224 e. The lowest BCUT2D eigenvalue weighted by Crippen LogP contribution is -2.28. The van der Waals surface area contributed by atoms with Crippen LogP contribution < -0.4 is 5.32 Å². The van der Waals surface area contributed by atoms with Gasteiger partial charge >= 0.3 is 0 Å². The third-order valence-corrected chi connectivity index (χ3v) is 5.28. The fourth-order valence-corrected chi connectivity index (χ4v) is 3.68. The van der Waals surface area contributed by atoms with E-state index in [0.717, 1.165) is 11.9 Å². The summed E-state index contributed by atoms with van der Waals surface area (Å²) in [5.74, 6) is -0.826. The molecule has 2 heterocycles. The van der Waals surface area contributed by atoms with Crippen molar-refractivity contribution in [3.8, 4) is 0 Å². The molecule has 0 unspecified atom stereocenters. The van der Waals surface area contributed by atoms with Gasteiger partial charge in [-0.25, -0.2) is 13.2 Å². The Morgan fingerprint density at radius 3 is 2.65 bits per heavy atom. The van der Waals surface area contributed by atoms with Crippen LogP contribution in [0.15, 0.2) is 42.5 Å². The second-order valence-electron chi connectivity index (χ2n) is 7.54. The van der Waals surface area contributed by atoms with Crippen LogP contribution >= 0.6 is 0 Å². The van der Waals surface area contributed by atoms with Gasteiger partial charge in [-0.15, -0.1) is 10.2 Å². The lowest BCUT2D eigenvalue weighted by atomic mass is 10.1. The maximum absolute atomic E-state index is 13.5. The molecule has 0 aliphatic carbocycles. The number of halogens is 3. The van der Waals surface area contributed by atoms with E-state index in [-0.39, 0.29) is 24.7 Å². The second kappa shape index (κ2) is 9.30. The van der Waals surface area contributed by atoms with Gasteiger partial charge in [0.2, 0.25) is 5.91 Å². The number of rotatable bonds is 6. The number of nitrogens with zero attached hydrogens (tertiary/aromatic N) is 4. The molecule has 0 bridgehead atoms. The Bertz CT molecular complexity index is 1080. The number of benzene rings is 2. The molecular weight excluding hydrogens is 407 g/mol. The molecule has 0 atom stereocenters. The predicted octanol–water partition coefficient (Wildman–Crippen LogP) is 2.61. The smallest absolute Gasteiger partial charge is 0.224 e. The van der Waals surface area contributed by atoms with E-state index >= 15 is 0 Å². The van der Waals surface area contributed by atoms with E-state index in [9.17, 15) is 18.0 Å². The number of hydrogen-bond donors (Lipinski definition) is 1. The normalized spacial score (nSPS) is 14.2. The fraction of sp³-hybridized carbons (Fsp3) is 0.318. The number of carbonyl (C=O) groups excluding carboxylic acids is 1. The number of hydrogen-bond acceptors (Lipinski definition) is 4. The van der Waals surface area contributed by atoms with E-state index in [4.69, 9.17) is 0 Å². The number of nitrogens with one attached hydrogen (secondary N) is 1. The zero-order valence-electron chi connectivity index (χ0n) is 16.8. The minimum absolute atomic E-state index is 0.0841. The SMILES string of the molecule is O=C(Cc1cccc(F)c1)NCc1nnc2n1CCN(Cc1ccc(F)c(F)c1)CC2. The highest BCUT2D eigenvalue weighted by molar-refractivity contribution is 5.78. The van der Waals surface area contributed by atoms with Crippen molar-refractivity contribution in [2.45, 2.75) is 32.5 Å². The molecule has 4 rings (SSSR count). The van der Waals surface area contributed by atoms with Crippen molar-refractivity contribution in [1.82, 2.24) is 25.0 Å². The number of aromatic nitrogens is 3. The van der Waals surface area contributed by atoms with Gasteiger partial charge in [-0.3, -0.25) is 9.69 Å². The van der Waals surface area contributed by atoms with E-state index in [1.165, 1.54) is 18.2 Å². The van der Waals surface area contributed by atoms with Gasteiger partial charge in [0.05, 0.1) is 13.0 Å². The molecule has 3 aromatic rings. The van der Waals surface area contributed by atoms with Crippen LogP contribution in [-0.4, -0.2) is 38.7 Å². The average Bonchev–Trinajstić information content (AvgIpc) is 3.02. The average molecular weight is 429 g/mol. The maximum atomic E-state index is 13.5. The van der Waals surface area contributed by atoms with Crippen molar-refractivity contribution in [3.05, 3.63) is 82.7 Å². The molecule has 0 saturated carbocycles. The van der Waals surface area contributed by atoms with E-state index < -0.39 is 11.6 Å². The van der Waals surface area contributed by atoms with Gasteiger partial charge in [-0.1, -0.05) is 18.2 Å². The third-order valence-electron chi connectivity index (χ3n) is 5.28. The highest BCUT2D eigenvalue weighted by atomic mass is 19.2. The summed E-state index contributed by atoms with van der Waals surface area (Å²) in [6.45, 7) is 2.76.